The Balaban J connectivity index is 2.63. The SMILES string of the molecule is O=c1ccccn1-c1nccs1. The van der Waals surface area contributed by atoms with Crippen LogP contribution in [0.5, 0.6) is 0 Å². The summed E-state index contributed by atoms with van der Waals surface area (Å²) in [6, 6.07) is 5.04. The molecule has 0 fully saturated rings. The minimum absolute atomic E-state index is 0.0487. The largest absolute Gasteiger partial charge is 0.269 e. The highest BCUT2D eigenvalue weighted by Crippen LogP contribution is 2.06. The number of thiazole rings is 1. The number of aromatic nitrogens is 2. The van der Waals surface area contributed by atoms with E-state index in [9.17, 15) is 4.79 Å². The summed E-state index contributed by atoms with van der Waals surface area (Å²) in [5, 5.41) is 2.55. The average Bonchev–Trinajstić information content (AvgIpc) is 2.57. The molecule has 60 valence electrons. The standard InChI is InChI=1S/C8H6N2OS/c11-7-3-1-2-5-10(7)8-9-4-6-12-8/h1-6H. The van der Waals surface area contributed by atoms with Crippen LogP contribution < -0.4 is 5.56 Å². The molecule has 0 aliphatic rings. The van der Waals surface area contributed by atoms with Crippen LogP contribution in [0.1, 0.15) is 0 Å². The van der Waals surface area contributed by atoms with Gasteiger partial charge in [-0.05, 0) is 6.07 Å². The third-order valence-corrected chi connectivity index (χ3v) is 2.22. The molecule has 0 bridgehead atoms. The van der Waals surface area contributed by atoms with Crippen molar-refractivity contribution in [2.45, 2.75) is 0 Å². The zero-order chi connectivity index (χ0) is 8.39. The van der Waals surface area contributed by atoms with Crippen molar-refractivity contribution in [2.24, 2.45) is 0 Å². The van der Waals surface area contributed by atoms with Crippen molar-refractivity contribution in [3.8, 4) is 5.13 Å². The Morgan fingerprint density at radius 2 is 2.33 bits per heavy atom. The zero-order valence-corrected chi connectivity index (χ0v) is 6.99. The third-order valence-electron chi connectivity index (χ3n) is 1.45. The third kappa shape index (κ3) is 1.16. The Morgan fingerprint density at radius 3 is 3.00 bits per heavy atom. The molecule has 0 saturated carbocycles. The Morgan fingerprint density at radius 1 is 1.42 bits per heavy atom. The van der Waals surface area contributed by atoms with Crippen LogP contribution in [-0.2, 0) is 0 Å². The van der Waals surface area contributed by atoms with Crippen molar-refractivity contribution in [1.82, 2.24) is 9.55 Å². The zero-order valence-electron chi connectivity index (χ0n) is 6.18. The molecule has 0 radical (unpaired) electrons. The van der Waals surface area contributed by atoms with Gasteiger partial charge in [-0.25, -0.2) is 4.98 Å². The van der Waals surface area contributed by atoms with E-state index < -0.39 is 0 Å². The molecular weight excluding hydrogens is 172 g/mol. The lowest BCUT2D eigenvalue weighted by Crippen LogP contribution is -2.14. The van der Waals surface area contributed by atoms with Crippen LogP contribution in [0.2, 0.25) is 0 Å². The molecule has 4 heteroatoms. The van der Waals surface area contributed by atoms with Gasteiger partial charge < -0.3 is 0 Å². The first-order valence-corrected chi connectivity index (χ1v) is 4.33. The first-order valence-electron chi connectivity index (χ1n) is 3.45. The van der Waals surface area contributed by atoms with Gasteiger partial charge in [-0.3, -0.25) is 9.36 Å². The fourth-order valence-electron chi connectivity index (χ4n) is 0.920. The maximum absolute atomic E-state index is 11.2. The van der Waals surface area contributed by atoms with Crippen LogP contribution in [0.25, 0.3) is 5.13 Å². The first kappa shape index (κ1) is 7.24. The molecule has 0 saturated heterocycles. The molecular formula is C8H6N2OS. The lowest BCUT2D eigenvalue weighted by Gasteiger charge is -1.96. The second-order valence-electron chi connectivity index (χ2n) is 2.22. The minimum atomic E-state index is -0.0487. The summed E-state index contributed by atoms with van der Waals surface area (Å²) in [6.07, 6.45) is 3.39. The van der Waals surface area contributed by atoms with Crippen LogP contribution >= 0.6 is 11.3 Å². The van der Waals surface area contributed by atoms with Crippen molar-refractivity contribution >= 4 is 11.3 Å². The average molecular weight is 178 g/mol. The molecule has 2 aromatic heterocycles. The smallest absolute Gasteiger partial charge is 0.256 e. The highest BCUT2D eigenvalue weighted by atomic mass is 32.1. The lowest BCUT2D eigenvalue weighted by atomic mass is 10.5. The van der Waals surface area contributed by atoms with Gasteiger partial charge in [-0.15, -0.1) is 11.3 Å². The summed E-state index contributed by atoms with van der Waals surface area (Å²) in [5.41, 5.74) is -0.0487. The van der Waals surface area contributed by atoms with E-state index in [0.29, 0.717) is 5.13 Å². The first-order chi connectivity index (χ1) is 5.88. The topological polar surface area (TPSA) is 34.9 Å². The molecule has 2 aromatic rings. The van der Waals surface area contributed by atoms with E-state index >= 15 is 0 Å². The van der Waals surface area contributed by atoms with Gasteiger partial charge in [0.05, 0.1) is 0 Å². The van der Waals surface area contributed by atoms with Crippen molar-refractivity contribution in [1.29, 1.82) is 0 Å². The second-order valence-corrected chi connectivity index (χ2v) is 3.10. The number of pyridine rings is 1. The number of hydrogen-bond acceptors (Lipinski definition) is 3. The van der Waals surface area contributed by atoms with Gasteiger partial charge in [0.1, 0.15) is 0 Å². The molecule has 12 heavy (non-hydrogen) atoms. The van der Waals surface area contributed by atoms with E-state index in [-0.39, 0.29) is 5.56 Å². The van der Waals surface area contributed by atoms with Crippen molar-refractivity contribution in [3.63, 3.8) is 0 Å². The summed E-state index contributed by atoms with van der Waals surface area (Å²) in [4.78, 5) is 15.3. The number of hydrogen-bond donors (Lipinski definition) is 0. The quantitative estimate of drug-likeness (QED) is 0.659. The van der Waals surface area contributed by atoms with Gasteiger partial charge in [0, 0.05) is 23.8 Å². The Labute approximate surface area is 72.9 Å². The fraction of sp³-hybridized carbons (Fsp3) is 0. The molecule has 0 unspecified atom stereocenters. The summed E-state index contributed by atoms with van der Waals surface area (Å²) < 4.78 is 1.52. The van der Waals surface area contributed by atoms with Crippen LogP contribution in [0.3, 0.4) is 0 Å². The molecule has 2 heterocycles. The van der Waals surface area contributed by atoms with Gasteiger partial charge in [-0.2, -0.15) is 0 Å². The number of rotatable bonds is 1. The molecule has 0 atom stereocenters. The van der Waals surface area contributed by atoms with Crippen LogP contribution in [0, 0.1) is 0 Å². The van der Waals surface area contributed by atoms with Gasteiger partial charge in [-0.1, -0.05) is 6.07 Å². The van der Waals surface area contributed by atoms with Crippen LogP contribution in [-0.4, -0.2) is 9.55 Å². The Hall–Kier alpha value is -1.42. The van der Waals surface area contributed by atoms with E-state index in [1.54, 1.807) is 18.5 Å². The minimum Gasteiger partial charge on any atom is -0.269 e. The van der Waals surface area contributed by atoms with Crippen LogP contribution in [0.15, 0.2) is 40.8 Å². The number of nitrogens with zero attached hydrogens (tertiary/aromatic N) is 2. The van der Waals surface area contributed by atoms with Crippen LogP contribution in [0.4, 0.5) is 0 Å². The summed E-state index contributed by atoms with van der Waals surface area (Å²) in [6.45, 7) is 0. The molecule has 0 aromatic carbocycles. The van der Waals surface area contributed by atoms with Crippen molar-refractivity contribution in [2.75, 3.05) is 0 Å². The molecule has 2 rings (SSSR count). The highest BCUT2D eigenvalue weighted by molar-refractivity contribution is 7.12. The van der Waals surface area contributed by atoms with Crippen molar-refractivity contribution in [3.05, 3.63) is 46.3 Å². The molecule has 3 nitrogen and oxygen atoms in total. The predicted molar refractivity (Wildman–Crippen MR) is 47.7 cm³/mol. The molecule has 0 aliphatic carbocycles. The predicted octanol–water partition coefficient (Wildman–Crippen LogP) is 1.29. The summed E-state index contributed by atoms with van der Waals surface area (Å²) in [7, 11) is 0. The lowest BCUT2D eigenvalue weighted by molar-refractivity contribution is 0.972. The van der Waals surface area contributed by atoms with E-state index in [2.05, 4.69) is 4.98 Å². The molecule has 0 aliphatic heterocycles. The summed E-state index contributed by atoms with van der Waals surface area (Å²) >= 11 is 1.44. The second kappa shape index (κ2) is 2.91. The van der Waals surface area contributed by atoms with Gasteiger partial charge in [0.25, 0.3) is 5.56 Å². The monoisotopic (exact) mass is 178 g/mol. The summed E-state index contributed by atoms with van der Waals surface area (Å²) in [5.74, 6) is 0. The van der Waals surface area contributed by atoms with E-state index in [1.165, 1.54) is 22.0 Å². The highest BCUT2D eigenvalue weighted by Gasteiger charge is 1.98. The Bertz CT molecular complexity index is 419. The van der Waals surface area contributed by atoms with Crippen molar-refractivity contribution < 1.29 is 0 Å². The molecule has 0 spiro atoms. The van der Waals surface area contributed by atoms with E-state index in [4.69, 9.17) is 0 Å². The Kier molecular flexibility index (Phi) is 1.75. The van der Waals surface area contributed by atoms with E-state index in [0.717, 1.165) is 0 Å². The fourth-order valence-corrected chi connectivity index (χ4v) is 1.55. The maximum atomic E-state index is 11.2. The van der Waals surface area contributed by atoms with Gasteiger partial charge >= 0.3 is 0 Å². The van der Waals surface area contributed by atoms with E-state index in [1.807, 2.05) is 11.4 Å². The molecule has 0 amide bonds. The van der Waals surface area contributed by atoms with Gasteiger partial charge in [0.2, 0.25) is 0 Å². The molecule has 0 N–H and O–H groups in total. The normalized spacial score (nSPS) is 10.0. The van der Waals surface area contributed by atoms with Gasteiger partial charge in [0.15, 0.2) is 5.13 Å². The maximum Gasteiger partial charge on any atom is 0.256 e.